The molecule has 0 fully saturated rings. The zero-order valence-electron chi connectivity index (χ0n) is 12.2. The van der Waals surface area contributed by atoms with E-state index in [1.165, 1.54) is 0 Å². The molecule has 0 radical (unpaired) electrons. The summed E-state index contributed by atoms with van der Waals surface area (Å²) in [4.78, 5) is 0. The second kappa shape index (κ2) is 7.83. The van der Waals surface area contributed by atoms with Crippen LogP contribution in [0.4, 0.5) is 0 Å². The number of ether oxygens (including phenoxy) is 2. The summed E-state index contributed by atoms with van der Waals surface area (Å²) in [7, 11) is 0. The first kappa shape index (κ1) is 14.8. The van der Waals surface area contributed by atoms with Gasteiger partial charge in [-0.15, -0.1) is 0 Å². The Hall–Kier alpha value is -1.64. The molecule has 0 saturated heterocycles. The molecule has 0 heterocycles. The minimum Gasteiger partial charge on any atom is -0.371 e. The lowest BCUT2D eigenvalue weighted by Crippen LogP contribution is -2.18. The molecule has 0 N–H and O–H groups in total. The Labute approximate surface area is 121 Å². The van der Waals surface area contributed by atoms with E-state index in [-0.39, 0.29) is 12.2 Å². The highest BCUT2D eigenvalue weighted by molar-refractivity contribution is 5.25. The highest BCUT2D eigenvalue weighted by Crippen LogP contribution is 2.34. The van der Waals surface area contributed by atoms with Crippen LogP contribution in [0.3, 0.4) is 0 Å². The minimum atomic E-state index is -0.0800. The maximum absolute atomic E-state index is 5.97. The molecule has 2 rings (SSSR count). The third-order valence-corrected chi connectivity index (χ3v) is 3.22. The average Bonchev–Trinajstić information content (AvgIpc) is 2.52. The van der Waals surface area contributed by atoms with Crippen LogP contribution in [0, 0.1) is 0 Å². The first-order valence-electron chi connectivity index (χ1n) is 7.20. The molecular formula is C18H22O2. The van der Waals surface area contributed by atoms with Gasteiger partial charge < -0.3 is 9.47 Å². The Morgan fingerprint density at radius 2 is 1.00 bits per heavy atom. The van der Waals surface area contributed by atoms with E-state index in [2.05, 4.69) is 24.3 Å². The third kappa shape index (κ3) is 3.69. The molecule has 0 bridgehead atoms. The van der Waals surface area contributed by atoms with E-state index in [4.69, 9.17) is 9.47 Å². The molecule has 2 atom stereocenters. The second-order valence-corrected chi connectivity index (χ2v) is 4.57. The summed E-state index contributed by atoms with van der Waals surface area (Å²) in [5, 5.41) is 0. The van der Waals surface area contributed by atoms with Gasteiger partial charge in [-0.25, -0.2) is 0 Å². The van der Waals surface area contributed by atoms with Gasteiger partial charge in [-0.2, -0.15) is 0 Å². The van der Waals surface area contributed by atoms with Gasteiger partial charge in [0.1, 0.15) is 12.2 Å². The summed E-state index contributed by atoms with van der Waals surface area (Å²) in [6.45, 7) is 5.36. The van der Waals surface area contributed by atoms with Gasteiger partial charge >= 0.3 is 0 Å². The predicted molar refractivity (Wildman–Crippen MR) is 81.6 cm³/mol. The van der Waals surface area contributed by atoms with E-state index in [1.54, 1.807) is 0 Å². The molecule has 2 heteroatoms. The standard InChI is InChI=1S/C18H22O2/c1-3-19-17(15-11-7-5-8-12-15)18(20-4-2)16-13-9-6-10-14-16/h5-14,17-18H,3-4H2,1-2H3. The number of benzene rings is 2. The second-order valence-electron chi connectivity index (χ2n) is 4.57. The lowest BCUT2D eigenvalue weighted by molar-refractivity contribution is -0.0715. The van der Waals surface area contributed by atoms with Crippen molar-refractivity contribution in [3.05, 3.63) is 71.8 Å². The van der Waals surface area contributed by atoms with Gasteiger partial charge in [-0.05, 0) is 25.0 Å². The van der Waals surface area contributed by atoms with Crippen LogP contribution in [0.2, 0.25) is 0 Å². The summed E-state index contributed by atoms with van der Waals surface area (Å²) < 4.78 is 11.9. The van der Waals surface area contributed by atoms with Gasteiger partial charge in [-0.3, -0.25) is 0 Å². The number of hydrogen-bond donors (Lipinski definition) is 0. The fourth-order valence-electron chi connectivity index (χ4n) is 2.36. The third-order valence-electron chi connectivity index (χ3n) is 3.22. The normalized spacial score (nSPS) is 13.9. The summed E-state index contributed by atoms with van der Waals surface area (Å²) in [6.07, 6.45) is -0.160. The molecule has 0 amide bonds. The van der Waals surface area contributed by atoms with Crippen molar-refractivity contribution in [1.82, 2.24) is 0 Å². The summed E-state index contributed by atoms with van der Waals surface area (Å²) in [6, 6.07) is 20.6. The van der Waals surface area contributed by atoms with Crippen molar-refractivity contribution in [2.45, 2.75) is 26.1 Å². The van der Waals surface area contributed by atoms with Gasteiger partial charge in [0, 0.05) is 13.2 Å². The molecule has 2 aromatic carbocycles. The van der Waals surface area contributed by atoms with Crippen molar-refractivity contribution in [3.8, 4) is 0 Å². The van der Waals surface area contributed by atoms with Crippen LogP contribution in [-0.4, -0.2) is 13.2 Å². The Bertz CT molecular complexity index is 434. The fourth-order valence-corrected chi connectivity index (χ4v) is 2.36. The van der Waals surface area contributed by atoms with E-state index in [1.807, 2.05) is 50.2 Å². The van der Waals surface area contributed by atoms with Crippen LogP contribution in [0.1, 0.15) is 37.2 Å². The zero-order valence-corrected chi connectivity index (χ0v) is 12.2. The Balaban J connectivity index is 2.33. The quantitative estimate of drug-likeness (QED) is 0.735. The van der Waals surface area contributed by atoms with Crippen LogP contribution < -0.4 is 0 Å². The zero-order chi connectivity index (χ0) is 14.2. The van der Waals surface area contributed by atoms with Crippen molar-refractivity contribution in [3.63, 3.8) is 0 Å². The molecule has 0 aliphatic rings. The summed E-state index contributed by atoms with van der Waals surface area (Å²) >= 11 is 0. The van der Waals surface area contributed by atoms with Gasteiger partial charge in [0.15, 0.2) is 0 Å². The molecule has 0 aromatic heterocycles. The monoisotopic (exact) mass is 270 g/mol. The van der Waals surface area contributed by atoms with Crippen molar-refractivity contribution in [1.29, 1.82) is 0 Å². The predicted octanol–water partition coefficient (Wildman–Crippen LogP) is 4.54. The number of hydrogen-bond acceptors (Lipinski definition) is 2. The average molecular weight is 270 g/mol. The first-order chi connectivity index (χ1) is 9.86. The highest BCUT2D eigenvalue weighted by Gasteiger charge is 2.25. The van der Waals surface area contributed by atoms with Gasteiger partial charge in [0.2, 0.25) is 0 Å². The lowest BCUT2D eigenvalue weighted by Gasteiger charge is -2.27. The summed E-state index contributed by atoms with van der Waals surface area (Å²) in [5.41, 5.74) is 2.30. The Kier molecular flexibility index (Phi) is 5.78. The molecule has 2 unspecified atom stereocenters. The SMILES string of the molecule is CCOC(c1ccccc1)C(OCC)c1ccccc1. The van der Waals surface area contributed by atoms with E-state index < -0.39 is 0 Å². The highest BCUT2D eigenvalue weighted by atomic mass is 16.5. The Morgan fingerprint density at radius 1 is 0.650 bits per heavy atom. The van der Waals surface area contributed by atoms with E-state index >= 15 is 0 Å². The molecular weight excluding hydrogens is 248 g/mol. The molecule has 106 valence electrons. The molecule has 0 aliphatic carbocycles. The lowest BCUT2D eigenvalue weighted by atomic mass is 9.98. The topological polar surface area (TPSA) is 18.5 Å². The van der Waals surface area contributed by atoms with Crippen LogP contribution >= 0.6 is 0 Å². The van der Waals surface area contributed by atoms with Gasteiger partial charge in [0.05, 0.1) is 0 Å². The molecule has 0 spiro atoms. The smallest absolute Gasteiger partial charge is 0.113 e. The molecule has 0 saturated carbocycles. The van der Waals surface area contributed by atoms with Crippen molar-refractivity contribution >= 4 is 0 Å². The summed E-state index contributed by atoms with van der Waals surface area (Å²) in [5.74, 6) is 0. The van der Waals surface area contributed by atoms with Crippen LogP contribution in [0.25, 0.3) is 0 Å². The Morgan fingerprint density at radius 3 is 1.30 bits per heavy atom. The molecule has 20 heavy (non-hydrogen) atoms. The van der Waals surface area contributed by atoms with Crippen molar-refractivity contribution in [2.75, 3.05) is 13.2 Å². The molecule has 0 aliphatic heterocycles. The first-order valence-corrected chi connectivity index (χ1v) is 7.20. The van der Waals surface area contributed by atoms with E-state index in [0.717, 1.165) is 11.1 Å². The van der Waals surface area contributed by atoms with Crippen LogP contribution in [-0.2, 0) is 9.47 Å². The largest absolute Gasteiger partial charge is 0.371 e. The van der Waals surface area contributed by atoms with Crippen molar-refractivity contribution in [2.24, 2.45) is 0 Å². The molecule has 2 aromatic rings. The molecule has 2 nitrogen and oxygen atoms in total. The van der Waals surface area contributed by atoms with E-state index in [0.29, 0.717) is 13.2 Å². The van der Waals surface area contributed by atoms with Gasteiger partial charge in [0.25, 0.3) is 0 Å². The maximum atomic E-state index is 5.97. The van der Waals surface area contributed by atoms with Gasteiger partial charge in [-0.1, -0.05) is 60.7 Å². The van der Waals surface area contributed by atoms with Crippen LogP contribution in [0.15, 0.2) is 60.7 Å². The fraction of sp³-hybridized carbons (Fsp3) is 0.333. The van der Waals surface area contributed by atoms with Crippen LogP contribution in [0.5, 0.6) is 0 Å². The minimum absolute atomic E-state index is 0.0800. The maximum Gasteiger partial charge on any atom is 0.113 e. The number of rotatable bonds is 7. The van der Waals surface area contributed by atoms with Crippen molar-refractivity contribution < 1.29 is 9.47 Å². The van der Waals surface area contributed by atoms with E-state index in [9.17, 15) is 0 Å².